The van der Waals surface area contributed by atoms with E-state index in [-0.39, 0.29) is 11.6 Å². The summed E-state index contributed by atoms with van der Waals surface area (Å²) in [5.74, 6) is 0. The van der Waals surface area contributed by atoms with Gasteiger partial charge in [-0.3, -0.25) is 4.90 Å². The topological polar surface area (TPSA) is 23.5 Å². The first-order valence-electron chi connectivity index (χ1n) is 7.63. The monoisotopic (exact) mass is 261 g/mol. The van der Waals surface area contributed by atoms with Gasteiger partial charge in [0, 0.05) is 0 Å². The third kappa shape index (κ3) is 2.70. The van der Waals surface area contributed by atoms with E-state index in [0.29, 0.717) is 0 Å². The van der Waals surface area contributed by atoms with Gasteiger partial charge >= 0.3 is 0 Å². The van der Waals surface area contributed by atoms with Crippen LogP contribution in [-0.4, -0.2) is 28.6 Å². The Hall–Kier alpha value is -0.860. The lowest BCUT2D eigenvalue weighted by Crippen LogP contribution is -2.51. The van der Waals surface area contributed by atoms with E-state index in [2.05, 4.69) is 43.9 Å². The van der Waals surface area contributed by atoms with E-state index < -0.39 is 0 Å². The van der Waals surface area contributed by atoms with Crippen LogP contribution in [0, 0.1) is 6.92 Å². The first-order chi connectivity index (χ1) is 9.14. The van der Waals surface area contributed by atoms with Crippen LogP contribution in [0.25, 0.3) is 0 Å². The van der Waals surface area contributed by atoms with Crippen molar-refractivity contribution >= 4 is 0 Å². The predicted molar refractivity (Wildman–Crippen MR) is 80.3 cm³/mol. The molecule has 1 aromatic carbocycles. The van der Waals surface area contributed by atoms with Crippen molar-refractivity contribution < 1.29 is 5.11 Å². The van der Waals surface area contributed by atoms with Gasteiger partial charge in [-0.1, -0.05) is 43.7 Å². The largest absolute Gasteiger partial charge is 0.386 e. The predicted octanol–water partition coefficient (Wildman–Crippen LogP) is 3.68. The summed E-state index contributed by atoms with van der Waals surface area (Å²) >= 11 is 0. The maximum Gasteiger partial charge on any atom is 0.0973 e. The number of aliphatic hydroxyl groups is 1. The van der Waals surface area contributed by atoms with Gasteiger partial charge in [-0.2, -0.15) is 0 Å². The molecule has 0 aliphatic carbocycles. The van der Waals surface area contributed by atoms with Crippen LogP contribution in [0.1, 0.15) is 56.8 Å². The van der Waals surface area contributed by atoms with E-state index in [1.165, 1.54) is 18.4 Å². The normalized spacial score (nSPS) is 18.7. The van der Waals surface area contributed by atoms with Crippen molar-refractivity contribution in [1.82, 2.24) is 4.90 Å². The molecule has 0 bridgehead atoms. The number of nitrogens with zero attached hydrogens (tertiary/aromatic N) is 1. The van der Waals surface area contributed by atoms with E-state index in [1.54, 1.807) is 0 Å². The third-order valence-corrected chi connectivity index (χ3v) is 4.83. The number of hydrogen-bond donors (Lipinski definition) is 1. The molecule has 1 atom stereocenters. The fourth-order valence-electron chi connectivity index (χ4n) is 3.57. The molecule has 2 nitrogen and oxygen atoms in total. The Morgan fingerprint density at radius 1 is 1.21 bits per heavy atom. The number of benzene rings is 1. The maximum atomic E-state index is 11.0. The lowest BCUT2D eigenvalue weighted by molar-refractivity contribution is -0.0295. The molecule has 1 aliphatic heterocycles. The van der Waals surface area contributed by atoms with Crippen molar-refractivity contribution in [3.8, 4) is 0 Å². The second kappa shape index (κ2) is 6.06. The number of hydrogen-bond acceptors (Lipinski definition) is 2. The second-order valence-electron chi connectivity index (χ2n) is 5.82. The van der Waals surface area contributed by atoms with Gasteiger partial charge in [0.25, 0.3) is 0 Å². The molecular formula is C17H27NO. The van der Waals surface area contributed by atoms with E-state index >= 15 is 0 Å². The van der Waals surface area contributed by atoms with Gasteiger partial charge in [0.1, 0.15) is 0 Å². The van der Waals surface area contributed by atoms with Crippen molar-refractivity contribution in [2.45, 2.75) is 58.1 Å². The molecule has 1 fully saturated rings. The molecule has 0 spiro atoms. The van der Waals surface area contributed by atoms with Crippen LogP contribution in [-0.2, 0) is 0 Å². The minimum Gasteiger partial charge on any atom is -0.386 e. The van der Waals surface area contributed by atoms with E-state index in [4.69, 9.17) is 0 Å². The van der Waals surface area contributed by atoms with E-state index in [1.807, 2.05) is 6.07 Å². The average Bonchev–Trinajstić information content (AvgIpc) is 2.95. The summed E-state index contributed by atoms with van der Waals surface area (Å²) in [5.41, 5.74) is 2.19. The van der Waals surface area contributed by atoms with Crippen LogP contribution in [0.4, 0.5) is 0 Å². The molecule has 0 amide bonds. The first kappa shape index (κ1) is 14.5. The van der Waals surface area contributed by atoms with Gasteiger partial charge in [-0.05, 0) is 51.3 Å². The number of aryl methyl sites for hydroxylation is 1. The van der Waals surface area contributed by atoms with Crippen molar-refractivity contribution in [2.75, 3.05) is 13.1 Å². The molecule has 1 N–H and O–H groups in total. The zero-order valence-corrected chi connectivity index (χ0v) is 12.5. The molecule has 1 unspecified atom stereocenters. The minimum absolute atomic E-state index is 0.0930. The Kier molecular flexibility index (Phi) is 4.64. The van der Waals surface area contributed by atoms with Crippen molar-refractivity contribution in [1.29, 1.82) is 0 Å². The van der Waals surface area contributed by atoms with Gasteiger partial charge in [0.15, 0.2) is 0 Å². The molecule has 2 rings (SSSR count). The molecule has 1 heterocycles. The van der Waals surface area contributed by atoms with Crippen LogP contribution in [0.5, 0.6) is 0 Å². The van der Waals surface area contributed by atoms with Gasteiger partial charge in [0.05, 0.1) is 11.6 Å². The second-order valence-corrected chi connectivity index (χ2v) is 5.82. The lowest BCUT2D eigenvalue weighted by atomic mass is 9.81. The van der Waals surface area contributed by atoms with Gasteiger partial charge in [-0.15, -0.1) is 0 Å². The maximum absolute atomic E-state index is 11.0. The molecule has 0 saturated carbocycles. The van der Waals surface area contributed by atoms with Crippen molar-refractivity contribution in [3.63, 3.8) is 0 Å². The molecule has 1 saturated heterocycles. The number of rotatable bonds is 5. The molecule has 1 aromatic rings. The van der Waals surface area contributed by atoms with Crippen molar-refractivity contribution in [2.24, 2.45) is 0 Å². The van der Waals surface area contributed by atoms with Crippen LogP contribution in [0.3, 0.4) is 0 Å². The van der Waals surface area contributed by atoms with Gasteiger partial charge < -0.3 is 5.11 Å². The van der Waals surface area contributed by atoms with Gasteiger partial charge in [0.2, 0.25) is 0 Å². The SMILES string of the molecule is CCC(CC)(C(O)c1cccc(C)c1)N1CCCC1. The summed E-state index contributed by atoms with van der Waals surface area (Å²) in [6.45, 7) is 8.77. The number of aliphatic hydroxyl groups excluding tert-OH is 1. The van der Waals surface area contributed by atoms with Gasteiger partial charge in [-0.25, -0.2) is 0 Å². The van der Waals surface area contributed by atoms with E-state index in [0.717, 1.165) is 31.5 Å². The summed E-state index contributed by atoms with van der Waals surface area (Å²) in [4.78, 5) is 2.51. The molecule has 106 valence electrons. The summed E-state index contributed by atoms with van der Waals surface area (Å²) in [6, 6.07) is 8.33. The third-order valence-electron chi connectivity index (χ3n) is 4.83. The fourth-order valence-corrected chi connectivity index (χ4v) is 3.57. The highest BCUT2D eigenvalue weighted by Crippen LogP contribution is 2.39. The molecular weight excluding hydrogens is 234 g/mol. The summed E-state index contributed by atoms with van der Waals surface area (Å²) in [6.07, 6.45) is 4.14. The summed E-state index contributed by atoms with van der Waals surface area (Å²) in [7, 11) is 0. The molecule has 0 aromatic heterocycles. The fraction of sp³-hybridized carbons (Fsp3) is 0.647. The zero-order chi connectivity index (χ0) is 13.9. The van der Waals surface area contributed by atoms with Crippen LogP contribution < -0.4 is 0 Å². The lowest BCUT2D eigenvalue weighted by Gasteiger charge is -2.44. The Bertz CT molecular complexity index is 405. The summed E-state index contributed by atoms with van der Waals surface area (Å²) < 4.78 is 0. The first-order valence-corrected chi connectivity index (χ1v) is 7.63. The Labute approximate surface area is 117 Å². The van der Waals surface area contributed by atoms with Crippen LogP contribution >= 0.6 is 0 Å². The van der Waals surface area contributed by atoms with Crippen LogP contribution in [0.15, 0.2) is 24.3 Å². The van der Waals surface area contributed by atoms with E-state index in [9.17, 15) is 5.11 Å². The van der Waals surface area contributed by atoms with Crippen molar-refractivity contribution in [3.05, 3.63) is 35.4 Å². The Morgan fingerprint density at radius 2 is 1.84 bits per heavy atom. The molecule has 19 heavy (non-hydrogen) atoms. The highest BCUT2D eigenvalue weighted by Gasteiger charge is 2.41. The summed E-state index contributed by atoms with van der Waals surface area (Å²) in [5, 5.41) is 11.0. The Morgan fingerprint density at radius 3 is 2.37 bits per heavy atom. The molecule has 2 heteroatoms. The quantitative estimate of drug-likeness (QED) is 0.874. The standard InChI is InChI=1S/C17H27NO/c1-4-17(5-2,18-11-6-7-12-18)16(19)15-10-8-9-14(3)13-15/h8-10,13,16,19H,4-7,11-12H2,1-3H3. The molecule has 0 radical (unpaired) electrons. The average molecular weight is 261 g/mol. The van der Waals surface area contributed by atoms with Crippen LogP contribution in [0.2, 0.25) is 0 Å². The smallest absolute Gasteiger partial charge is 0.0973 e. The minimum atomic E-state index is -0.388. The Balaban J connectivity index is 2.32. The highest BCUT2D eigenvalue weighted by molar-refractivity contribution is 5.27. The number of likely N-dealkylation sites (tertiary alicyclic amines) is 1. The zero-order valence-electron chi connectivity index (χ0n) is 12.5. The molecule has 1 aliphatic rings. The highest BCUT2D eigenvalue weighted by atomic mass is 16.3.